The number of halogens is 4. The molecule has 7 rings (SSSR count). The quantitative estimate of drug-likeness (QED) is 0.359. The van der Waals surface area contributed by atoms with Gasteiger partial charge < -0.3 is 19.8 Å². The van der Waals surface area contributed by atoms with Gasteiger partial charge in [-0.1, -0.05) is 0 Å². The van der Waals surface area contributed by atoms with E-state index >= 15 is 0 Å². The predicted molar refractivity (Wildman–Crippen MR) is 117 cm³/mol. The highest BCUT2D eigenvalue weighted by atomic mass is 19.4. The van der Waals surface area contributed by atoms with Crippen LogP contribution in [0.15, 0.2) is 30.9 Å². The van der Waals surface area contributed by atoms with Crippen LogP contribution in [0.5, 0.6) is 0 Å². The van der Waals surface area contributed by atoms with Gasteiger partial charge in [0, 0.05) is 29.4 Å². The number of carbonyl (C=O) groups is 1. The molecule has 0 amide bonds. The molecule has 0 aliphatic heterocycles. The largest absolute Gasteiger partial charge is 0.481 e. The minimum atomic E-state index is -4.68. The fraction of sp³-hybridized carbons (Fsp3) is 0.391. The third-order valence-corrected chi connectivity index (χ3v) is 7.30. The normalized spacial score (nSPS) is 24.3. The number of aromatic amines is 1. The number of aliphatic carboxylic acids is 1. The zero-order valence-corrected chi connectivity index (χ0v) is 18.2. The molecule has 3 fully saturated rings. The topological polar surface area (TPSA) is 108 Å². The number of H-pyrrole nitrogens is 1. The van der Waals surface area contributed by atoms with Gasteiger partial charge in [-0.15, -0.1) is 0 Å². The van der Waals surface area contributed by atoms with Crippen molar-refractivity contribution in [2.24, 2.45) is 17.8 Å². The number of carboxylic acids is 1. The van der Waals surface area contributed by atoms with Gasteiger partial charge in [-0.25, -0.2) is 19.3 Å². The average Bonchev–Trinajstić information content (AvgIpc) is 3.43. The Hall–Kier alpha value is -3.70. The summed E-state index contributed by atoms with van der Waals surface area (Å²) in [6.45, 7) is 0. The van der Waals surface area contributed by atoms with Crippen LogP contribution < -0.4 is 5.32 Å². The number of fused-ring (bicyclic) bond motifs is 5. The Morgan fingerprint density at radius 1 is 1.14 bits per heavy atom. The second-order valence-corrected chi connectivity index (χ2v) is 9.29. The van der Waals surface area contributed by atoms with Crippen LogP contribution in [0.1, 0.15) is 31.4 Å². The molecule has 12 heteroatoms. The summed E-state index contributed by atoms with van der Waals surface area (Å²) < 4.78 is 55.6. The van der Waals surface area contributed by atoms with E-state index in [0.717, 1.165) is 38.1 Å². The number of rotatable bonds is 4. The molecule has 3 aliphatic carbocycles. The molecule has 8 nitrogen and oxygen atoms in total. The molecule has 35 heavy (non-hydrogen) atoms. The van der Waals surface area contributed by atoms with Crippen LogP contribution in [0.3, 0.4) is 0 Å². The van der Waals surface area contributed by atoms with Crippen LogP contribution in [-0.4, -0.2) is 41.5 Å². The molecule has 3 N–H and O–H groups in total. The highest BCUT2D eigenvalue weighted by Gasteiger charge is 2.47. The number of nitrogens with one attached hydrogen (secondary N) is 2. The summed E-state index contributed by atoms with van der Waals surface area (Å²) in [4.78, 5) is 27.2. The van der Waals surface area contributed by atoms with Crippen molar-refractivity contribution in [1.82, 2.24) is 24.3 Å². The van der Waals surface area contributed by atoms with E-state index in [4.69, 9.17) is 0 Å². The van der Waals surface area contributed by atoms with Gasteiger partial charge in [-0.2, -0.15) is 13.2 Å². The van der Waals surface area contributed by atoms with Crippen LogP contribution in [0.4, 0.5) is 23.4 Å². The number of hydrogen-bond acceptors (Lipinski definition) is 5. The van der Waals surface area contributed by atoms with E-state index in [9.17, 15) is 27.5 Å². The first-order chi connectivity index (χ1) is 16.7. The summed E-state index contributed by atoms with van der Waals surface area (Å²) in [6.07, 6.45) is 3.57. The smallest absolute Gasteiger partial charge is 0.434 e. The maximum atomic E-state index is 13.9. The molecule has 4 aromatic heterocycles. The lowest BCUT2D eigenvalue weighted by Crippen LogP contribution is -2.51. The Labute approximate surface area is 195 Å². The fourth-order valence-corrected chi connectivity index (χ4v) is 5.74. The Morgan fingerprint density at radius 2 is 1.89 bits per heavy atom. The van der Waals surface area contributed by atoms with Crippen LogP contribution in [-0.2, 0) is 11.0 Å². The lowest BCUT2D eigenvalue weighted by Gasteiger charge is -2.47. The third kappa shape index (κ3) is 3.58. The molecule has 0 spiro atoms. The Morgan fingerprint density at radius 3 is 2.60 bits per heavy atom. The van der Waals surface area contributed by atoms with E-state index < -0.39 is 35.6 Å². The molecule has 0 radical (unpaired) electrons. The highest BCUT2D eigenvalue weighted by molar-refractivity contribution is 5.96. The van der Waals surface area contributed by atoms with Gasteiger partial charge in [-0.3, -0.25) is 4.79 Å². The summed E-state index contributed by atoms with van der Waals surface area (Å²) in [6, 6.07) is 0.825. The van der Waals surface area contributed by atoms with Gasteiger partial charge in [0.05, 0.1) is 18.3 Å². The van der Waals surface area contributed by atoms with Crippen molar-refractivity contribution in [3.05, 3.63) is 42.4 Å². The standard InChI is InChI=1S/C23H20F4N6O2/c24-12-5-13-14(7-29-20(13)28-6-12)19-21-30-15(23(25,26)27)8-33(21)9-16(32-19)31-18-11-3-1-10(2-4-11)17(18)22(34)35/h5-11,17-18,31H,1-4H2,(H,28,29)(H,34,35)/t10?,11?,17-,18-/m0/s1. The molecule has 0 unspecified atom stereocenters. The number of nitrogens with zero attached hydrogens (tertiary/aromatic N) is 4. The molecule has 3 aliphatic rings. The van der Waals surface area contributed by atoms with Crippen LogP contribution in [0.2, 0.25) is 0 Å². The predicted octanol–water partition coefficient (Wildman–Crippen LogP) is 4.73. The van der Waals surface area contributed by atoms with Gasteiger partial charge >= 0.3 is 12.1 Å². The first kappa shape index (κ1) is 21.8. The Bertz CT molecular complexity index is 1450. The summed E-state index contributed by atoms with van der Waals surface area (Å²) in [5, 5.41) is 13.4. The molecule has 4 aromatic rings. The van der Waals surface area contributed by atoms with Gasteiger partial charge in [0.1, 0.15) is 23.0 Å². The van der Waals surface area contributed by atoms with Crippen molar-refractivity contribution >= 4 is 28.5 Å². The first-order valence-corrected chi connectivity index (χ1v) is 11.3. The van der Waals surface area contributed by atoms with Gasteiger partial charge in [-0.05, 0) is 43.6 Å². The lowest BCUT2D eigenvalue weighted by molar-refractivity contribution is -0.148. The van der Waals surface area contributed by atoms with Gasteiger partial charge in [0.2, 0.25) is 0 Å². The van der Waals surface area contributed by atoms with Crippen molar-refractivity contribution < 1.29 is 27.5 Å². The fourth-order valence-electron chi connectivity index (χ4n) is 5.74. The number of alkyl halides is 3. The van der Waals surface area contributed by atoms with Crippen LogP contribution in [0.25, 0.3) is 27.9 Å². The van der Waals surface area contributed by atoms with Crippen molar-refractivity contribution in [2.45, 2.75) is 37.9 Å². The number of anilines is 1. The summed E-state index contributed by atoms with van der Waals surface area (Å²) in [7, 11) is 0. The summed E-state index contributed by atoms with van der Waals surface area (Å²) in [5.41, 5.74) is -0.385. The van der Waals surface area contributed by atoms with E-state index in [1.165, 1.54) is 22.9 Å². The second-order valence-electron chi connectivity index (χ2n) is 9.29. The second kappa shape index (κ2) is 7.65. The molecule has 3 saturated carbocycles. The van der Waals surface area contributed by atoms with Gasteiger partial charge in [0.15, 0.2) is 11.3 Å². The lowest BCUT2D eigenvalue weighted by atomic mass is 9.61. The molecule has 0 aromatic carbocycles. The Balaban J connectivity index is 1.51. The molecule has 2 bridgehead atoms. The number of aromatic nitrogens is 5. The minimum Gasteiger partial charge on any atom is -0.481 e. The summed E-state index contributed by atoms with van der Waals surface area (Å²) >= 11 is 0. The molecule has 182 valence electrons. The van der Waals surface area contributed by atoms with E-state index in [1.54, 1.807) is 0 Å². The van der Waals surface area contributed by atoms with Crippen molar-refractivity contribution in [2.75, 3.05) is 5.32 Å². The molecular formula is C23H20F4N6O2. The summed E-state index contributed by atoms with van der Waals surface area (Å²) in [5.74, 6) is -1.71. The average molecular weight is 488 g/mol. The first-order valence-electron chi connectivity index (χ1n) is 11.3. The maximum Gasteiger partial charge on any atom is 0.434 e. The highest BCUT2D eigenvalue weighted by Crippen LogP contribution is 2.46. The SMILES string of the molecule is O=C(O)[C@H]1C2CCC(CC2)[C@@H]1Nc1cn2cc(C(F)(F)F)nc2c(-c2c[nH]c3ncc(F)cc23)n1. The number of carboxylic acid groups (broad SMARTS) is 1. The van der Waals surface area contributed by atoms with Crippen molar-refractivity contribution in [1.29, 1.82) is 0 Å². The van der Waals surface area contributed by atoms with E-state index in [1.807, 2.05) is 0 Å². The van der Waals surface area contributed by atoms with Crippen molar-refractivity contribution in [3.8, 4) is 11.3 Å². The molecule has 0 saturated heterocycles. The number of hydrogen-bond donors (Lipinski definition) is 3. The number of imidazole rings is 1. The van der Waals surface area contributed by atoms with Crippen molar-refractivity contribution in [3.63, 3.8) is 0 Å². The zero-order valence-electron chi connectivity index (χ0n) is 18.2. The van der Waals surface area contributed by atoms with E-state index in [2.05, 4.69) is 25.3 Å². The Kier molecular flexibility index (Phi) is 4.77. The van der Waals surface area contributed by atoms with Gasteiger partial charge in [0.25, 0.3) is 0 Å². The third-order valence-electron chi connectivity index (χ3n) is 7.30. The molecular weight excluding hydrogens is 468 g/mol. The zero-order chi connectivity index (χ0) is 24.5. The number of pyridine rings is 1. The maximum absolute atomic E-state index is 13.9. The molecule has 2 atom stereocenters. The van der Waals surface area contributed by atoms with E-state index in [-0.39, 0.29) is 29.0 Å². The van der Waals surface area contributed by atoms with E-state index in [0.29, 0.717) is 16.6 Å². The molecule has 4 heterocycles. The monoisotopic (exact) mass is 488 g/mol. The van der Waals surface area contributed by atoms with Crippen LogP contribution >= 0.6 is 0 Å². The minimum absolute atomic E-state index is 0.0472. The van der Waals surface area contributed by atoms with Crippen LogP contribution in [0, 0.1) is 23.6 Å².